The van der Waals surface area contributed by atoms with Crippen molar-refractivity contribution in [3.05, 3.63) is 29.8 Å². The molecule has 1 unspecified atom stereocenters. The summed E-state index contributed by atoms with van der Waals surface area (Å²) in [5.74, 6) is 1.16. The molecule has 2 rings (SSSR count). The van der Waals surface area contributed by atoms with E-state index in [4.69, 9.17) is 4.74 Å². The zero-order valence-corrected chi connectivity index (χ0v) is 11.3. The van der Waals surface area contributed by atoms with Gasteiger partial charge in [0.05, 0.1) is 6.10 Å². The molecule has 3 heteroatoms. The second kappa shape index (κ2) is 7.04. The number of nitrogens with one attached hydrogen (secondary N) is 1. The number of hydrogen-bond donors (Lipinski definition) is 1. The fourth-order valence-electron chi connectivity index (χ4n) is 2.13. The van der Waals surface area contributed by atoms with Crippen molar-refractivity contribution in [2.24, 2.45) is 0 Å². The first-order valence-corrected chi connectivity index (χ1v) is 7.35. The summed E-state index contributed by atoms with van der Waals surface area (Å²) in [6.45, 7) is 1.91. The predicted molar refractivity (Wildman–Crippen MR) is 73.5 cm³/mol. The molecule has 1 aliphatic heterocycles. The Hall–Kier alpha value is -0.510. The van der Waals surface area contributed by atoms with Gasteiger partial charge in [0.2, 0.25) is 0 Å². The zero-order valence-electron chi connectivity index (χ0n) is 10.4. The molecule has 1 saturated heterocycles. The molecule has 0 bridgehead atoms. The Kier molecular flexibility index (Phi) is 5.36. The summed E-state index contributed by atoms with van der Waals surface area (Å²) in [4.78, 5) is 1.37. The third-order valence-corrected chi connectivity index (χ3v) is 4.04. The van der Waals surface area contributed by atoms with Gasteiger partial charge >= 0.3 is 0 Å². The van der Waals surface area contributed by atoms with Gasteiger partial charge in [-0.25, -0.2) is 0 Å². The van der Waals surface area contributed by atoms with Crippen LogP contribution in [0.25, 0.3) is 0 Å². The van der Waals surface area contributed by atoms with Gasteiger partial charge in [-0.3, -0.25) is 0 Å². The Morgan fingerprint density at radius 1 is 1.47 bits per heavy atom. The third kappa shape index (κ3) is 4.34. The van der Waals surface area contributed by atoms with E-state index in [0.717, 1.165) is 18.9 Å². The fourth-order valence-corrected chi connectivity index (χ4v) is 3.16. The van der Waals surface area contributed by atoms with Gasteiger partial charge in [0.15, 0.2) is 0 Å². The Bertz CT molecular complexity index is 337. The van der Waals surface area contributed by atoms with Gasteiger partial charge in [0, 0.05) is 23.8 Å². The molecule has 0 aliphatic carbocycles. The normalized spacial score (nSPS) is 19.7. The topological polar surface area (TPSA) is 21.3 Å². The van der Waals surface area contributed by atoms with E-state index in [2.05, 4.69) is 29.6 Å². The Morgan fingerprint density at radius 3 is 3.18 bits per heavy atom. The van der Waals surface area contributed by atoms with Gasteiger partial charge in [-0.1, -0.05) is 12.1 Å². The van der Waals surface area contributed by atoms with Crippen molar-refractivity contribution in [2.75, 3.05) is 19.4 Å². The van der Waals surface area contributed by atoms with E-state index in [1.54, 1.807) is 0 Å². The third-order valence-electron chi connectivity index (χ3n) is 3.01. The summed E-state index contributed by atoms with van der Waals surface area (Å²) in [6.07, 6.45) is 4.19. The molecule has 1 aliphatic rings. The first-order valence-electron chi connectivity index (χ1n) is 6.36. The van der Waals surface area contributed by atoms with Crippen molar-refractivity contribution in [1.82, 2.24) is 5.32 Å². The van der Waals surface area contributed by atoms with Crippen LogP contribution in [0.15, 0.2) is 29.2 Å². The monoisotopic (exact) mass is 251 g/mol. The van der Waals surface area contributed by atoms with Crippen LogP contribution in [0.4, 0.5) is 0 Å². The largest absolute Gasteiger partial charge is 0.378 e. The molecule has 1 fully saturated rings. The van der Waals surface area contributed by atoms with Gasteiger partial charge in [0.1, 0.15) is 0 Å². The van der Waals surface area contributed by atoms with Gasteiger partial charge in [-0.2, -0.15) is 0 Å². The van der Waals surface area contributed by atoms with Crippen molar-refractivity contribution >= 4 is 11.8 Å². The molecule has 1 aromatic rings. The van der Waals surface area contributed by atoms with Crippen LogP contribution >= 0.6 is 11.8 Å². The molecule has 2 nitrogen and oxygen atoms in total. The molecule has 0 saturated carbocycles. The highest BCUT2D eigenvalue weighted by Crippen LogP contribution is 2.23. The first-order chi connectivity index (χ1) is 8.38. The Balaban J connectivity index is 1.75. The van der Waals surface area contributed by atoms with Crippen molar-refractivity contribution < 1.29 is 4.74 Å². The van der Waals surface area contributed by atoms with Gasteiger partial charge in [-0.05, 0) is 44.0 Å². The summed E-state index contributed by atoms with van der Waals surface area (Å²) in [6, 6.07) is 8.78. The molecule has 1 aromatic carbocycles. The minimum absolute atomic E-state index is 0.517. The van der Waals surface area contributed by atoms with E-state index in [1.165, 1.54) is 29.7 Å². The average Bonchev–Trinajstić information content (AvgIpc) is 2.83. The molecule has 0 spiro atoms. The smallest absolute Gasteiger partial charge is 0.0584 e. The van der Waals surface area contributed by atoms with Gasteiger partial charge in [-0.15, -0.1) is 11.8 Å². The maximum absolute atomic E-state index is 5.63. The maximum Gasteiger partial charge on any atom is 0.0584 e. The Morgan fingerprint density at radius 2 is 2.41 bits per heavy atom. The van der Waals surface area contributed by atoms with E-state index in [9.17, 15) is 0 Å². The number of hydrogen-bond acceptors (Lipinski definition) is 3. The summed E-state index contributed by atoms with van der Waals surface area (Å²) in [5.41, 5.74) is 1.36. The lowest BCUT2D eigenvalue weighted by Gasteiger charge is -2.09. The lowest BCUT2D eigenvalue weighted by Crippen LogP contribution is -2.06. The second-order valence-electron chi connectivity index (χ2n) is 4.45. The first kappa shape index (κ1) is 12.9. The second-order valence-corrected chi connectivity index (χ2v) is 5.62. The Labute approximate surface area is 108 Å². The van der Waals surface area contributed by atoms with Crippen LogP contribution in [0, 0.1) is 0 Å². The van der Waals surface area contributed by atoms with Crippen molar-refractivity contribution in [3.8, 4) is 0 Å². The van der Waals surface area contributed by atoms with Crippen molar-refractivity contribution in [2.45, 2.75) is 36.8 Å². The fraction of sp³-hybridized carbons (Fsp3) is 0.571. The number of ether oxygens (including phenoxy) is 1. The van der Waals surface area contributed by atoms with Crippen LogP contribution in [-0.2, 0) is 11.3 Å². The lowest BCUT2D eigenvalue weighted by molar-refractivity contribution is 0.109. The van der Waals surface area contributed by atoms with Crippen LogP contribution in [0.5, 0.6) is 0 Å². The summed E-state index contributed by atoms with van der Waals surface area (Å²) in [7, 11) is 1.98. The molecule has 1 atom stereocenters. The van der Waals surface area contributed by atoms with Crippen LogP contribution in [0.1, 0.15) is 24.8 Å². The summed E-state index contributed by atoms with van der Waals surface area (Å²) < 4.78 is 5.63. The summed E-state index contributed by atoms with van der Waals surface area (Å²) in [5, 5.41) is 3.18. The minimum Gasteiger partial charge on any atom is -0.378 e. The SMILES string of the molecule is CNCc1cccc(SCCC2CCCO2)c1. The highest BCUT2D eigenvalue weighted by molar-refractivity contribution is 7.99. The zero-order chi connectivity index (χ0) is 11.9. The highest BCUT2D eigenvalue weighted by Gasteiger charge is 2.14. The molecular formula is C14H21NOS. The number of thioether (sulfide) groups is 1. The number of benzene rings is 1. The van der Waals surface area contributed by atoms with E-state index >= 15 is 0 Å². The van der Waals surface area contributed by atoms with E-state index < -0.39 is 0 Å². The molecule has 0 amide bonds. The minimum atomic E-state index is 0.517. The van der Waals surface area contributed by atoms with E-state index in [-0.39, 0.29) is 0 Å². The van der Waals surface area contributed by atoms with Gasteiger partial charge < -0.3 is 10.1 Å². The summed E-state index contributed by atoms with van der Waals surface area (Å²) >= 11 is 1.94. The average molecular weight is 251 g/mol. The maximum atomic E-state index is 5.63. The molecule has 0 radical (unpaired) electrons. The quantitative estimate of drug-likeness (QED) is 0.785. The van der Waals surface area contributed by atoms with Crippen molar-refractivity contribution in [1.29, 1.82) is 0 Å². The molecule has 1 heterocycles. The molecule has 17 heavy (non-hydrogen) atoms. The predicted octanol–water partition coefficient (Wildman–Crippen LogP) is 3.07. The van der Waals surface area contributed by atoms with E-state index in [1.807, 2.05) is 18.8 Å². The lowest BCUT2D eigenvalue weighted by atomic mass is 10.2. The van der Waals surface area contributed by atoms with Crippen LogP contribution in [0.2, 0.25) is 0 Å². The van der Waals surface area contributed by atoms with E-state index in [0.29, 0.717) is 6.10 Å². The standard InChI is InChI=1S/C14H21NOS/c1-15-11-12-4-2-6-14(10-12)17-9-7-13-5-3-8-16-13/h2,4,6,10,13,15H,3,5,7-9,11H2,1H3. The number of rotatable bonds is 6. The molecule has 94 valence electrons. The van der Waals surface area contributed by atoms with Gasteiger partial charge in [0.25, 0.3) is 0 Å². The molecule has 1 N–H and O–H groups in total. The van der Waals surface area contributed by atoms with Crippen molar-refractivity contribution in [3.63, 3.8) is 0 Å². The highest BCUT2D eigenvalue weighted by atomic mass is 32.2. The molecular weight excluding hydrogens is 230 g/mol. The van der Waals surface area contributed by atoms with Crippen LogP contribution in [0.3, 0.4) is 0 Å². The van der Waals surface area contributed by atoms with Crippen LogP contribution < -0.4 is 5.32 Å². The molecule has 0 aromatic heterocycles. The van der Waals surface area contributed by atoms with Crippen LogP contribution in [-0.4, -0.2) is 25.5 Å².